The number of fused-ring (bicyclic) bond motifs is 1. The predicted molar refractivity (Wildman–Crippen MR) is 105 cm³/mol. The number of rotatable bonds is 3. The maximum atomic E-state index is 14.2. The number of aryl methyl sites for hydroxylation is 1. The zero-order valence-electron chi connectivity index (χ0n) is 17.3. The second kappa shape index (κ2) is 7.45. The molecule has 7 nitrogen and oxygen atoms in total. The molecule has 0 spiro atoms. The van der Waals surface area contributed by atoms with Crippen molar-refractivity contribution in [3.63, 3.8) is 0 Å². The smallest absolute Gasteiger partial charge is 0.256 e. The summed E-state index contributed by atoms with van der Waals surface area (Å²) in [5.41, 5.74) is -0.739. The minimum Gasteiger partial charge on any atom is -0.341 e. The third kappa shape index (κ3) is 3.36. The molecule has 2 atom stereocenters. The lowest BCUT2D eigenvalue weighted by Crippen LogP contribution is -2.52. The highest BCUT2D eigenvalue weighted by Crippen LogP contribution is 2.44. The number of aromatic amines is 1. The lowest BCUT2D eigenvalue weighted by molar-refractivity contribution is -0.133. The Balaban J connectivity index is 1.64. The quantitative estimate of drug-likeness (QED) is 0.831. The number of benzene rings is 1. The first-order valence-electron chi connectivity index (χ1n) is 10.1. The van der Waals surface area contributed by atoms with Gasteiger partial charge in [-0.25, -0.2) is 13.8 Å². The number of hydrogen-bond acceptors (Lipinski definition) is 4. The molecule has 2 fully saturated rings. The van der Waals surface area contributed by atoms with Gasteiger partial charge in [-0.05, 0) is 31.5 Å². The lowest BCUT2D eigenvalue weighted by Gasteiger charge is -2.41. The Hall–Kier alpha value is -2.84. The minimum atomic E-state index is -0.745. The van der Waals surface area contributed by atoms with E-state index in [1.165, 1.54) is 0 Å². The van der Waals surface area contributed by atoms with Crippen molar-refractivity contribution < 1.29 is 18.4 Å². The van der Waals surface area contributed by atoms with Gasteiger partial charge in [0.05, 0.1) is 11.0 Å². The van der Waals surface area contributed by atoms with Crippen molar-refractivity contribution in [3.05, 3.63) is 47.0 Å². The Kier molecular flexibility index (Phi) is 5.07. The highest BCUT2D eigenvalue weighted by atomic mass is 19.1. The Morgan fingerprint density at radius 3 is 2.63 bits per heavy atom. The molecule has 0 aliphatic carbocycles. The van der Waals surface area contributed by atoms with E-state index in [1.807, 2.05) is 25.7 Å². The second-order valence-electron chi connectivity index (χ2n) is 8.60. The highest BCUT2D eigenvalue weighted by molar-refractivity contribution is 5.94. The normalized spacial score (nSPS) is 23.7. The van der Waals surface area contributed by atoms with Crippen molar-refractivity contribution in [1.82, 2.24) is 25.0 Å². The first-order chi connectivity index (χ1) is 14.2. The average molecular weight is 417 g/mol. The molecule has 0 bridgehead atoms. The van der Waals surface area contributed by atoms with E-state index in [0.717, 1.165) is 18.2 Å². The van der Waals surface area contributed by atoms with Crippen LogP contribution in [0.2, 0.25) is 0 Å². The van der Waals surface area contributed by atoms with Crippen molar-refractivity contribution in [2.24, 2.45) is 11.8 Å². The van der Waals surface area contributed by atoms with E-state index < -0.39 is 23.0 Å². The van der Waals surface area contributed by atoms with Crippen LogP contribution in [0.4, 0.5) is 8.78 Å². The summed E-state index contributed by atoms with van der Waals surface area (Å²) < 4.78 is 27.7. The van der Waals surface area contributed by atoms with Gasteiger partial charge in [-0.2, -0.15) is 5.10 Å². The first-order valence-corrected chi connectivity index (χ1v) is 10.1. The maximum absolute atomic E-state index is 14.2. The van der Waals surface area contributed by atoms with Crippen molar-refractivity contribution >= 4 is 11.8 Å². The molecule has 0 unspecified atom stereocenters. The number of aromatic nitrogens is 3. The number of hydrogen-bond donors (Lipinski definition) is 1. The molecule has 4 rings (SSSR count). The molecule has 2 aromatic rings. The fourth-order valence-corrected chi connectivity index (χ4v) is 4.66. The van der Waals surface area contributed by atoms with Gasteiger partial charge in [0.15, 0.2) is 5.82 Å². The summed E-state index contributed by atoms with van der Waals surface area (Å²) >= 11 is 0. The molecule has 9 heteroatoms. The number of piperidine rings is 1. The Labute approximate surface area is 173 Å². The molecule has 2 aliphatic heterocycles. The summed E-state index contributed by atoms with van der Waals surface area (Å²) in [5, 5.41) is 7.26. The van der Waals surface area contributed by atoms with E-state index in [-0.39, 0.29) is 23.3 Å². The number of H-pyrrole nitrogens is 1. The summed E-state index contributed by atoms with van der Waals surface area (Å²) in [4.78, 5) is 33.5. The molecule has 30 heavy (non-hydrogen) atoms. The highest BCUT2D eigenvalue weighted by Gasteiger charge is 2.54. The molecule has 160 valence electrons. The van der Waals surface area contributed by atoms with Crippen LogP contribution in [0.15, 0.2) is 18.2 Å². The summed E-state index contributed by atoms with van der Waals surface area (Å²) in [7, 11) is 0. The van der Waals surface area contributed by atoms with Crippen molar-refractivity contribution in [3.8, 4) is 0 Å². The molecular weight excluding hydrogens is 392 g/mol. The minimum absolute atomic E-state index is 0.0464. The third-order valence-electron chi connectivity index (χ3n) is 6.26. The van der Waals surface area contributed by atoms with Gasteiger partial charge in [0.25, 0.3) is 5.91 Å². The largest absolute Gasteiger partial charge is 0.341 e. The average Bonchev–Trinajstić information content (AvgIpc) is 3.32. The summed E-state index contributed by atoms with van der Waals surface area (Å²) in [6.45, 7) is 7.17. The van der Waals surface area contributed by atoms with Crippen LogP contribution in [0, 0.1) is 30.4 Å². The zero-order chi connectivity index (χ0) is 21.6. The predicted octanol–water partition coefficient (Wildman–Crippen LogP) is 2.29. The zero-order valence-corrected chi connectivity index (χ0v) is 17.3. The topological polar surface area (TPSA) is 82.2 Å². The molecule has 1 N–H and O–H groups in total. The molecule has 2 saturated heterocycles. The number of nitrogens with zero attached hydrogens (tertiary/aromatic N) is 4. The Bertz CT molecular complexity index is 992. The molecule has 2 aliphatic rings. The van der Waals surface area contributed by atoms with Gasteiger partial charge in [0.1, 0.15) is 17.5 Å². The first kappa shape index (κ1) is 20.4. The van der Waals surface area contributed by atoms with Gasteiger partial charge >= 0.3 is 0 Å². The summed E-state index contributed by atoms with van der Waals surface area (Å²) in [6.07, 6.45) is 0.541. The van der Waals surface area contributed by atoms with Crippen LogP contribution in [0.1, 0.15) is 42.3 Å². The second-order valence-corrected chi connectivity index (χ2v) is 8.60. The molecule has 1 aromatic heterocycles. The van der Waals surface area contributed by atoms with Gasteiger partial charge in [-0.15, -0.1) is 0 Å². The number of nitrogens with one attached hydrogen (secondary N) is 1. The molecule has 0 radical (unpaired) electrons. The van der Waals surface area contributed by atoms with Crippen molar-refractivity contribution in [2.75, 3.05) is 26.2 Å². The fraction of sp³-hybridized carbons (Fsp3) is 0.524. The molecule has 2 amide bonds. The van der Waals surface area contributed by atoms with Crippen LogP contribution in [-0.2, 0) is 10.2 Å². The van der Waals surface area contributed by atoms with Gasteiger partial charge < -0.3 is 9.80 Å². The van der Waals surface area contributed by atoms with Crippen LogP contribution in [-0.4, -0.2) is 63.0 Å². The fourth-order valence-electron chi connectivity index (χ4n) is 4.66. The van der Waals surface area contributed by atoms with E-state index in [1.54, 1.807) is 4.90 Å². The van der Waals surface area contributed by atoms with Gasteiger partial charge in [-0.1, -0.05) is 13.8 Å². The standard InChI is InChI=1S/C21H25F2N5O2/c1-12(2)18(29)28-10-14-9-27(19(30)16-8-15(22)4-5-17(16)23)7-6-21(14,11-28)20-24-13(3)25-26-20/h4-5,8,12,14H,6-7,9-11H2,1-3H3,(H,24,25,26)/t14-,21-/m1/s1. The molecule has 1 aromatic carbocycles. The van der Waals surface area contributed by atoms with Crippen LogP contribution in [0.25, 0.3) is 0 Å². The van der Waals surface area contributed by atoms with Gasteiger partial charge in [0, 0.05) is 38.0 Å². The Morgan fingerprint density at radius 1 is 1.23 bits per heavy atom. The molecule has 3 heterocycles. The number of carbonyl (C=O) groups excluding carboxylic acids is 2. The van der Waals surface area contributed by atoms with E-state index in [0.29, 0.717) is 44.2 Å². The van der Waals surface area contributed by atoms with Crippen molar-refractivity contribution in [1.29, 1.82) is 0 Å². The van der Waals surface area contributed by atoms with Crippen LogP contribution in [0.5, 0.6) is 0 Å². The van der Waals surface area contributed by atoms with Gasteiger partial charge in [-0.3, -0.25) is 14.7 Å². The number of amides is 2. The summed E-state index contributed by atoms with van der Waals surface area (Å²) in [5.74, 6) is -0.798. The molecular formula is C21H25F2N5O2. The number of carbonyl (C=O) groups is 2. The van der Waals surface area contributed by atoms with Crippen LogP contribution < -0.4 is 0 Å². The van der Waals surface area contributed by atoms with Gasteiger partial charge in [0.2, 0.25) is 5.91 Å². The monoisotopic (exact) mass is 417 g/mol. The number of halogens is 2. The third-order valence-corrected chi connectivity index (χ3v) is 6.26. The summed E-state index contributed by atoms with van der Waals surface area (Å²) in [6, 6.07) is 2.89. The number of likely N-dealkylation sites (tertiary alicyclic amines) is 2. The van der Waals surface area contributed by atoms with E-state index in [4.69, 9.17) is 0 Å². The van der Waals surface area contributed by atoms with E-state index in [9.17, 15) is 18.4 Å². The van der Waals surface area contributed by atoms with Crippen LogP contribution >= 0.6 is 0 Å². The lowest BCUT2D eigenvalue weighted by atomic mass is 9.71. The molecule has 0 saturated carbocycles. The van der Waals surface area contributed by atoms with Crippen LogP contribution in [0.3, 0.4) is 0 Å². The SMILES string of the molecule is Cc1nc([C@@]23CCN(C(=O)c4cc(F)ccc4F)C[C@@H]2CN(C(=O)C(C)C)C3)n[nH]1. The van der Waals surface area contributed by atoms with E-state index >= 15 is 0 Å². The van der Waals surface area contributed by atoms with Crippen molar-refractivity contribution in [2.45, 2.75) is 32.6 Å². The van der Waals surface area contributed by atoms with E-state index in [2.05, 4.69) is 15.2 Å². The maximum Gasteiger partial charge on any atom is 0.256 e. The Morgan fingerprint density at radius 2 is 1.97 bits per heavy atom.